The van der Waals surface area contributed by atoms with E-state index in [9.17, 15) is 4.79 Å². The fraction of sp³-hybridized carbons (Fsp3) is 0.412. The zero-order valence-corrected chi connectivity index (χ0v) is 15.5. The van der Waals surface area contributed by atoms with E-state index < -0.39 is 0 Å². The standard InChI is InChI=1S/C17H20ClN3O3S/c1-11-19-8-14(25-11)9-20-17(22)21-15-7-12(18)4-5-16(15)24-10-13-3-2-6-23-13/h4-5,7-8,13H,2-3,6,9-10H2,1H3,(H2,20,21,22). The highest BCUT2D eigenvalue weighted by Crippen LogP contribution is 2.29. The number of urea groups is 1. The Morgan fingerprint density at radius 1 is 1.52 bits per heavy atom. The highest BCUT2D eigenvalue weighted by Gasteiger charge is 2.17. The first-order valence-electron chi connectivity index (χ1n) is 8.10. The molecule has 0 bridgehead atoms. The molecule has 1 saturated heterocycles. The summed E-state index contributed by atoms with van der Waals surface area (Å²) in [5, 5.41) is 7.08. The summed E-state index contributed by atoms with van der Waals surface area (Å²) in [6.45, 7) is 3.58. The van der Waals surface area contributed by atoms with Crippen molar-refractivity contribution in [2.45, 2.75) is 32.4 Å². The maximum atomic E-state index is 12.2. The first-order valence-corrected chi connectivity index (χ1v) is 9.30. The minimum atomic E-state index is -0.324. The lowest BCUT2D eigenvalue weighted by molar-refractivity contribution is 0.0682. The number of carbonyl (C=O) groups is 1. The normalized spacial score (nSPS) is 16.6. The van der Waals surface area contributed by atoms with Crippen LogP contribution in [0.25, 0.3) is 0 Å². The summed E-state index contributed by atoms with van der Waals surface area (Å²) >= 11 is 7.60. The molecule has 1 unspecified atom stereocenters. The van der Waals surface area contributed by atoms with Gasteiger partial charge in [0.25, 0.3) is 0 Å². The number of aryl methyl sites for hydroxylation is 1. The van der Waals surface area contributed by atoms with Crippen molar-refractivity contribution < 1.29 is 14.3 Å². The molecule has 3 rings (SSSR count). The van der Waals surface area contributed by atoms with Gasteiger partial charge in [0.05, 0.1) is 23.3 Å². The van der Waals surface area contributed by atoms with Crippen LogP contribution in [0, 0.1) is 6.92 Å². The van der Waals surface area contributed by atoms with Crippen LogP contribution in [0.15, 0.2) is 24.4 Å². The van der Waals surface area contributed by atoms with E-state index in [0.717, 1.165) is 29.3 Å². The average molecular weight is 382 g/mol. The minimum Gasteiger partial charge on any atom is -0.489 e. The molecule has 0 spiro atoms. The van der Waals surface area contributed by atoms with E-state index in [2.05, 4.69) is 15.6 Å². The number of ether oxygens (including phenoxy) is 2. The van der Waals surface area contributed by atoms with Crippen molar-refractivity contribution in [1.82, 2.24) is 10.3 Å². The molecule has 2 aromatic rings. The van der Waals surface area contributed by atoms with E-state index in [1.807, 2.05) is 6.92 Å². The van der Waals surface area contributed by atoms with Gasteiger partial charge in [0.1, 0.15) is 12.4 Å². The number of thiazole rings is 1. The summed E-state index contributed by atoms with van der Waals surface area (Å²) in [6, 6.07) is 4.83. The van der Waals surface area contributed by atoms with Crippen molar-refractivity contribution in [2.75, 3.05) is 18.5 Å². The van der Waals surface area contributed by atoms with Gasteiger partial charge in [-0.25, -0.2) is 9.78 Å². The summed E-state index contributed by atoms with van der Waals surface area (Å²) in [5.74, 6) is 0.573. The quantitative estimate of drug-likeness (QED) is 0.793. The van der Waals surface area contributed by atoms with E-state index in [0.29, 0.717) is 29.6 Å². The van der Waals surface area contributed by atoms with Crippen LogP contribution in [0.3, 0.4) is 0 Å². The van der Waals surface area contributed by atoms with E-state index in [4.69, 9.17) is 21.1 Å². The molecule has 2 amide bonds. The third kappa shape index (κ3) is 5.32. The lowest BCUT2D eigenvalue weighted by Gasteiger charge is -2.15. The number of benzene rings is 1. The summed E-state index contributed by atoms with van der Waals surface area (Å²) in [7, 11) is 0. The van der Waals surface area contributed by atoms with Crippen LogP contribution in [-0.2, 0) is 11.3 Å². The Balaban J connectivity index is 1.57. The Kier molecular flexibility index (Phi) is 6.12. The number of carbonyl (C=O) groups excluding carboxylic acids is 1. The first kappa shape index (κ1) is 18.0. The van der Waals surface area contributed by atoms with E-state index in [1.54, 1.807) is 35.7 Å². The number of halogens is 1. The fourth-order valence-corrected chi connectivity index (χ4v) is 3.41. The van der Waals surface area contributed by atoms with Crippen molar-refractivity contribution in [3.63, 3.8) is 0 Å². The molecular weight excluding hydrogens is 362 g/mol. The van der Waals surface area contributed by atoms with Gasteiger partial charge in [0, 0.05) is 22.7 Å². The zero-order chi connectivity index (χ0) is 17.6. The van der Waals surface area contributed by atoms with Crippen molar-refractivity contribution >= 4 is 34.7 Å². The second-order valence-corrected chi connectivity index (χ2v) is 7.50. The Morgan fingerprint density at radius 2 is 2.40 bits per heavy atom. The second-order valence-electron chi connectivity index (χ2n) is 5.74. The highest BCUT2D eigenvalue weighted by molar-refractivity contribution is 7.11. The van der Waals surface area contributed by atoms with Crippen molar-refractivity contribution in [3.05, 3.63) is 39.3 Å². The topological polar surface area (TPSA) is 72.5 Å². The molecule has 134 valence electrons. The first-order chi connectivity index (χ1) is 12.1. The predicted octanol–water partition coefficient (Wildman–Crippen LogP) is 3.98. The Labute approximate surface area is 155 Å². The van der Waals surface area contributed by atoms with E-state index in [-0.39, 0.29) is 12.1 Å². The minimum absolute atomic E-state index is 0.104. The number of rotatable bonds is 6. The predicted molar refractivity (Wildman–Crippen MR) is 98.6 cm³/mol. The molecular formula is C17H20ClN3O3S. The smallest absolute Gasteiger partial charge is 0.319 e. The number of amides is 2. The monoisotopic (exact) mass is 381 g/mol. The molecule has 1 aromatic carbocycles. The molecule has 1 aliphatic rings. The molecule has 2 N–H and O–H groups in total. The van der Waals surface area contributed by atoms with Crippen LogP contribution in [-0.4, -0.2) is 30.3 Å². The summed E-state index contributed by atoms with van der Waals surface area (Å²) < 4.78 is 11.4. The van der Waals surface area contributed by atoms with Gasteiger partial charge in [-0.3, -0.25) is 0 Å². The number of hydrogen-bond acceptors (Lipinski definition) is 5. The number of nitrogens with one attached hydrogen (secondary N) is 2. The summed E-state index contributed by atoms with van der Waals surface area (Å²) in [6.07, 6.45) is 3.91. The van der Waals surface area contributed by atoms with E-state index in [1.165, 1.54) is 0 Å². The largest absolute Gasteiger partial charge is 0.489 e. The Hall–Kier alpha value is -1.83. The Morgan fingerprint density at radius 3 is 3.12 bits per heavy atom. The van der Waals surface area contributed by atoms with Gasteiger partial charge in [-0.1, -0.05) is 11.6 Å². The van der Waals surface area contributed by atoms with Crippen LogP contribution in [0.2, 0.25) is 5.02 Å². The molecule has 1 fully saturated rings. The second kappa shape index (κ2) is 8.51. The summed E-state index contributed by atoms with van der Waals surface area (Å²) in [4.78, 5) is 17.3. The van der Waals surface area contributed by atoms with E-state index >= 15 is 0 Å². The van der Waals surface area contributed by atoms with Gasteiger partial charge in [-0.05, 0) is 38.0 Å². The van der Waals surface area contributed by atoms with Crippen molar-refractivity contribution in [3.8, 4) is 5.75 Å². The molecule has 2 heterocycles. The van der Waals surface area contributed by atoms with Crippen LogP contribution < -0.4 is 15.4 Å². The number of nitrogens with zero attached hydrogens (tertiary/aromatic N) is 1. The lowest BCUT2D eigenvalue weighted by atomic mass is 10.2. The maximum absolute atomic E-state index is 12.2. The van der Waals surface area contributed by atoms with Crippen LogP contribution in [0.4, 0.5) is 10.5 Å². The molecule has 25 heavy (non-hydrogen) atoms. The molecule has 0 radical (unpaired) electrons. The average Bonchev–Trinajstić information content (AvgIpc) is 3.24. The molecule has 6 nitrogen and oxygen atoms in total. The Bertz CT molecular complexity index is 732. The molecule has 0 saturated carbocycles. The molecule has 1 atom stereocenters. The van der Waals surface area contributed by atoms with Gasteiger partial charge in [0.2, 0.25) is 0 Å². The lowest BCUT2D eigenvalue weighted by Crippen LogP contribution is -2.28. The number of anilines is 1. The maximum Gasteiger partial charge on any atom is 0.319 e. The molecule has 0 aliphatic carbocycles. The van der Waals surface area contributed by atoms with Gasteiger partial charge in [-0.2, -0.15) is 0 Å². The zero-order valence-electron chi connectivity index (χ0n) is 13.9. The van der Waals surface area contributed by atoms with Crippen LogP contribution in [0.5, 0.6) is 5.75 Å². The van der Waals surface area contributed by atoms with Gasteiger partial charge in [0.15, 0.2) is 0 Å². The highest BCUT2D eigenvalue weighted by atomic mass is 35.5. The van der Waals surface area contributed by atoms with Crippen molar-refractivity contribution in [1.29, 1.82) is 0 Å². The van der Waals surface area contributed by atoms with Crippen LogP contribution >= 0.6 is 22.9 Å². The van der Waals surface area contributed by atoms with Crippen molar-refractivity contribution in [2.24, 2.45) is 0 Å². The SMILES string of the molecule is Cc1ncc(CNC(=O)Nc2cc(Cl)ccc2OCC2CCCO2)s1. The molecule has 8 heteroatoms. The fourth-order valence-electron chi connectivity index (χ4n) is 2.51. The number of hydrogen-bond donors (Lipinski definition) is 2. The summed E-state index contributed by atoms with van der Waals surface area (Å²) in [5.41, 5.74) is 0.531. The van der Waals surface area contributed by atoms with Gasteiger partial charge >= 0.3 is 6.03 Å². The molecule has 1 aromatic heterocycles. The van der Waals surface area contributed by atoms with Gasteiger partial charge in [-0.15, -0.1) is 11.3 Å². The number of aromatic nitrogens is 1. The molecule has 1 aliphatic heterocycles. The van der Waals surface area contributed by atoms with Gasteiger partial charge < -0.3 is 20.1 Å². The third-order valence-corrected chi connectivity index (χ3v) is 4.88. The third-order valence-electron chi connectivity index (χ3n) is 3.73. The van der Waals surface area contributed by atoms with Crippen LogP contribution in [0.1, 0.15) is 22.7 Å².